The first kappa shape index (κ1) is 20.5. The maximum Gasteiger partial charge on any atom is 0.125 e. The summed E-state index contributed by atoms with van der Waals surface area (Å²) >= 11 is 0. The summed E-state index contributed by atoms with van der Waals surface area (Å²) in [6.07, 6.45) is 2.01. The summed E-state index contributed by atoms with van der Waals surface area (Å²) in [6, 6.07) is 30.0. The quantitative estimate of drug-likeness (QED) is 0.184. The lowest BCUT2D eigenvalue weighted by atomic mass is 9.92. The van der Waals surface area contributed by atoms with E-state index >= 15 is 0 Å². The van der Waals surface area contributed by atoms with Crippen molar-refractivity contribution in [2.24, 2.45) is 0 Å². The molecule has 0 radical (unpaired) electrons. The van der Waals surface area contributed by atoms with Crippen LogP contribution in [0.3, 0.4) is 0 Å². The van der Waals surface area contributed by atoms with Crippen LogP contribution in [-0.4, -0.2) is 13.1 Å². The summed E-state index contributed by atoms with van der Waals surface area (Å²) in [6.45, 7) is 1.87. The molecule has 8 rings (SSSR count). The number of anilines is 4. The van der Waals surface area contributed by atoms with Crippen molar-refractivity contribution < 1.29 is 4.39 Å². The molecule has 36 heavy (non-hydrogen) atoms. The molecule has 0 aliphatic carbocycles. The van der Waals surface area contributed by atoms with Gasteiger partial charge in [0.2, 0.25) is 0 Å². The van der Waals surface area contributed by atoms with Crippen molar-refractivity contribution >= 4 is 69.6 Å². The van der Waals surface area contributed by atoms with Gasteiger partial charge in [0.1, 0.15) is 5.82 Å². The van der Waals surface area contributed by atoms with E-state index in [0.717, 1.165) is 37.3 Å². The molecule has 4 heteroatoms. The zero-order valence-electron chi connectivity index (χ0n) is 19.8. The van der Waals surface area contributed by atoms with Crippen LogP contribution in [0.15, 0.2) is 84.9 Å². The SMILES string of the molecule is Fc1ccc2c(c1)N(c1ccc3ccc4c(N5CCc6ccc(P)cc65)ccc5ccc1c3c54)CC2. The number of nitrogens with zero attached hydrogens (tertiary/aromatic N) is 2. The summed E-state index contributed by atoms with van der Waals surface area (Å²) in [5.74, 6) is -0.178. The molecular formula is C32H24FN2P. The van der Waals surface area contributed by atoms with Crippen LogP contribution in [0.2, 0.25) is 0 Å². The Morgan fingerprint density at radius 3 is 1.69 bits per heavy atom. The van der Waals surface area contributed by atoms with E-state index in [0.29, 0.717) is 0 Å². The molecule has 2 aliphatic heterocycles. The highest BCUT2D eigenvalue weighted by molar-refractivity contribution is 7.27. The van der Waals surface area contributed by atoms with Crippen molar-refractivity contribution in [2.45, 2.75) is 12.8 Å². The van der Waals surface area contributed by atoms with Gasteiger partial charge in [0.25, 0.3) is 0 Å². The van der Waals surface area contributed by atoms with Crippen LogP contribution in [-0.2, 0) is 12.8 Å². The van der Waals surface area contributed by atoms with E-state index in [1.165, 1.54) is 60.1 Å². The minimum absolute atomic E-state index is 0.178. The Balaban J connectivity index is 1.37. The van der Waals surface area contributed by atoms with Crippen molar-refractivity contribution in [3.63, 3.8) is 0 Å². The highest BCUT2D eigenvalue weighted by Gasteiger charge is 2.26. The second kappa shape index (κ2) is 7.41. The van der Waals surface area contributed by atoms with Gasteiger partial charge in [-0.3, -0.25) is 0 Å². The first-order valence-electron chi connectivity index (χ1n) is 12.6. The van der Waals surface area contributed by atoms with Crippen molar-refractivity contribution in [1.82, 2.24) is 0 Å². The zero-order valence-corrected chi connectivity index (χ0v) is 20.9. The first-order valence-corrected chi connectivity index (χ1v) is 13.2. The minimum Gasteiger partial charge on any atom is -0.340 e. The summed E-state index contributed by atoms with van der Waals surface area (Å²) in [7, 11) is 2.84. The maximum atomic E-state index is 14.2. The van der Waals surface area contributed by atoms with Gasteiger partial charge >= 0.3 is 0 Å². The molecule has 6 aromatic rings. The van der Waals surface area contributed by atoms with Crippen LogP contribution >= 0.6 is 9.24 Å². The fraction of sp³-hybridized carbons (Fsp3) is 0.125. The molecule has 2 aliphatic rings. The topological polar surface area (TPSA) is 6.48 Å². The van der Waals surface area contributed by atoms with Gasteiger partial charge in [0.15, 0.2) is 0 Å². The molecule has 174 valence electrons. The Hall–Kier alpha value is -3.68. The molecular weight excluding hydrogens is 462 g/mol. The molecule has 1 atom stereocenters. The highest BCUT2D eigenvalue weighted by atomic mass is 31.0. The summed E-state index contributed by atoms with van der Waals surface area (Å²) < 4.78 is 14.2. The van der Waals surface area contributed by atoms with Crippen LogP contribution < -0.4 is 15.1 Å². The summed E-state index contributed by atoms with van der Waals surface area (Å²) in [4.78, 5) is 4.78. The lowest BCUT2D eigenvalue weighted by molar-refractivity contribution is 0.628. The van der Waals surface area contributed by atoms with Gasteiger partial charge in [-0.25, -0.2) is 4.39 Å². The average Bonchev–Trinajstić information content (AvgIpc) is 3.50. The Kier molecular flexibility index (Phi) is 4.22. The van der Waals surface area contributed by atoms with Gasteiger partial charge in [-0.05, 0) is 81.1 Å². The van der Waals surface area contributed by atoms with E-state index in [2.05, 4.69) is 85.8 Å². The zero-order chi connectivity index (χ0) is 24.0. The predicted molar refractivity (Wildman–Crippen MR) is 154 cm³/mol. The van der Waals surface area contributed by atoms with E-state index < -0.39 is 0 Å². The highest BCUT2D eigenvalue weighted by Crippen LogP contribution is 2.46. The third-order valence-corrected chi connectivity index (χ3v) is 8.51. The molecule has 0 bridgehead atoms. The third-order valence-electron chi connectivity index (χ3n) is 8.15. The van der Waals surface area contributed by atoms with E-state index in [-0.39, 0.29) is 5.82 Å². The molecule has 0 saturated heterocycles. The second-order valence-corrected chi connectivity index (χ2v) is 10.7. The van der Waals surface area contributed by atoms with Crippen LogP contribution in [0.1, 0.15) is 11.1 Å². The molecule has 0 spiro atoms. The standard InChI is InChI=1S/C32H24FN2P/c33-23-7-1-19-13-15-34(29(19)17-23)27-11-5-21-4-10-26-28(12-6-22-3-9-25(27)31(21)32(22)26)35-16-14-20-2-8-24(36)18-30(20)35/h1-12,17-18H,13-16,36H2. The van der Waals surface area contributed by atoms with Crippen LogP contribution in [0.5, 0.6) is 0 Å². The number of hydrogen-bond donors (Lipinski definition) is 0. The van der Waals surface area contributed by atoms with Crippen molar-refractivity contribution in [2.75, 3.05) is 22.9 Å². The number of rotatable bonds is 2. The first-order chi connectivity index (χ1) is 17.7. The van der Waals surface area contributed by atoms with Gasteiger partial charge in [-0.2, -0.15) is 0 Å². The number of halogens is 1. The molecule has 6 aromatic carbocycles. The molecule has 0 N–H and O–H groups in total. The largest absolute Gasteiger partial charge is 0.340 e. The smallest absolute Gasteiger partial charge is 0.125 e. The fourth-order valence-corrected chi connectivity index (χ4v) is 6.74. The molecule has 1 unspecified atom stereocenters. The monoisotopic (exact) mass is 486 g/mol. The molecule has 2 nitrogen and oxygen atoms in total. The third kappa shape index (κ3) is 2.81. The normalized spacial score (nSPS) is 14.9. The second-order valence-electron chi connectivity index (χ2n) is 10.1. The predicted octanol–water partition coefficient (Wildman–Crippen LogP) is 7.61. The van der Waals surface area contributed by atoms with E-state index in [1.54, 1.807) is 12.1 Å². The Labute approximate surface area is 211 Å². The van der Waals surface area contributed by atoms with Gasteiger partial charge in [-0.1, -0.05) is 54.6 Å². The van der Waals surface area contributed by atoms with Gasteiger partial charge < -0.3 is 9.80 Å². The van der Waals surface area contributed by atoms with Crippen LogP contribution in [0.4, 0.5) is 27.1 Å². The van der Waals surface area contributed by atoms with Gasteiger partial charge in [0.05, 0.1) is 0 Å². The molecule has 0 fully saturated rings. The Bertz CT molecular complexity index is 1710. The van der Waals surface area contributed by atoms with Crippen LogP contribution in [0, 0.1) is 5.82 Å². The number of fused-ring (bicyclic) bond motifs is 2. The van der Waals surface area contributed by atoms with Gasteiger partial charge in [0, 0.05) is 46.6 Å². The van der Waals surface area contributed by atoms with E-state index in [9.17, 15) is 4.39 Å². The number of hydrogen-bond acceptors (Lipinski definition) is 2. The van der Waals surface area contributed by atoms with Crippen molar-refractivity contribution in [3.8, 4) is 0 Å². The summed E-state index contributed by atoms with van der Waals surface area (Å²) in [5.41, 5.74) is 7.36. The van der Waals surface area contributed by atoms with Crippen LogP contribution in [0.25, 0.3) is 32.3 Å². The Morgan fingerprint density at radius 2 is 1.08 bits per heavy atom. The fourth-order valence-electron chi connectivity index (χ4n) is 6.49. The van der Waals surface area contributed by atoms with Crippen molar-refractivity contribution in [1.29, 1.82) is 0 Å². The number of benzene rings is 6. The molecule has 0 aromatic heterocycles. The average molecular weight is 487 g/mol. The van der Waals surface area contributed by atoms with E-state index in [1.807, 2.05) is 6.07 Å². The molecule has 0 saturated carbocycles. The summed E-state index contributed by atoms with van der Waals surface area (Å²) in [5, 5.41) is 8.86. The Morgan fingerprint density at radius 1 is 0.556 bits per heavy atom. The van der Waals surface area contributed by atoms with Crippen molar-refractivity contribution in [3.05, 3.63) is 102 Å². The minimum atomic E-state index is -0.178. The maximum absolute atomic E-state index is 14.2. The van der Waals surface area contributed by atoms with Gasteiger partial charge in [-0.15, -0.1) is 9.24 Å². The molecule has 0 amide bonds. The lowest BCUT2D eigenvalue weighted by Gasteiger charge is -2.25. The molecule has 2 heterocycles. The lowest BCUT2D eigenvalue weighted by Crippen LogP contribution is -2.15. The van der Waals surface area contributed by atoms with E-state index in [4.69, 9.17) is 0 Å².